The van der Waals surface area contributed by atoms with Gasteiger partial charge in [-0.05, 0) is 31.0 Å². The second-order valence-electron chi connectivity index (χ2n) is 6.16. The van der Waals surface area contributed by atoms with Gasteiger partial charge in [0.2, 0.25) is 17.7 Å². The average Bonchev–Trinajstić information content (AvgIpc) is 2.81. The van der Waals surface area contributed by atoms with Gasteiger partial charge in [0, 0.05) is 0 Å². The summed E-state index contributed by atoms with van der Waals surface area (Å²) >= 11 is 5.83. The van der Waals surface area contributed by atoms with E-state index in [0.29, 0.717) is 18.9 Å². The zero-order chi connectivity index (χ0) is 19.1. The van der Waals surface area contributed by atoms with Crippen molar-refractivity contribution in [3.05, 3.63) is 40.9 Å². The summed E-state index contributed by atoms with van der Waals surface area (Å²) in [6.07, 6.45) is -0.0794. The molecule has 3 rings (SSSR count). The van der Waals surface area contributed by atoms with Crippen LogP contribution in [0.5, 0.6) is 0 Å². The van der Waals surface area contributed by atoms with E-state index < -0.39 is 47.8 Å². The van der Waals surface area contributed by atoms with E-state index in [-0.39, 0.29) is 10.7 Å². The summed E-state index contributed by atoms with van der Waals surface area (Å²) < 4.78 is 38.3. The van der Waals surface area contributed by atoms with Crippen LogP contribution in [0.2, 0.25) is 5.02 Å². The van der Waals surface area contributed by atoms with Gasteiger partial charge in [-0.2, -0.15) is 13.2 Å². The van der Waals surface area contributed by atoms with Crippen LogP contribution in [0.4, 0.5) is 18.9 Å². The number of benzene rings is 1. The third-order valence-corrected chi connectivity index (χ3v) is 4.80. The van der Waals surface area contributed by atoms with E-state index in [1.165, 1.54) is 0 Å². The molecule has 0 radical (unpaired) electrons. The smallest absolute Gasteiger partial charge is 0.323 e. The number of carbonyl (C=O) groups excluding carboxylic acids is 3. The van der Waals surface area contributed by atoms with E-state index >= 15 is 0 Å². The Morgan fingerprint density at radius 3 is 2.27 bits per heavy atom. The molecule has 1 aromatic rings. The number of halogens is 4. The standard InChI is InChI=1S/C17H14ClF3N2O3/c18-12-6-5-9(17(19,20)21)7-13(12)22-14(24)8-23-15(25)10-3-1-2-4-11(10)16(23)26/h1-2,5-7,10-11H,3-4,8H2,(H,22,24)/t10-,11+. The summed E-state index contributed by atoms with van der Waals surface area (Å²) in [7, 11) is 0. The highest BCUT2D eigenvalue weighted by Crippen LogP contribution is 2.36. The fourth-order valence-corrected chi connectivity index (χ4v) is 3.32. The lowest BCUT2D eigenvalue weighted by Crippen LogP contribution is -2.38. The Bertz CT molecular complexity index is 781. The second-order valence-corrected chi connectivity index (χ2v) is 6.57. The number of alkyl halides is 3. The van der Waals surface area contributed by atoms with Crippen LogP contribution < -0.4 is 5.32 Å². The predicted molar refractivity (Wildman–Crippen MR) is 87.2 cm³/mol. The van der Waals surface area contributed by atoms with Gasteiger partial charge in [-0.25, -0.2) is 0 Å². The summed E-state index contributed by atoms with van der Waals surface area (Å²) in [6, 6.07) is 2.52. The molecule has 2 atom stereocenters. The number of rotatable bonds is 3. The normalized spacial score (nSPS) is 22.5. The number of fused-ring (bicyclic) bond motifs is 1. The lowest BCUT2D eigenvalue weighted by molar-refractivity contribution is -0.142. The van der Waals surface area contributed by atoms with Gasteiger partial charge in [-0.3, -0.25) is 19.3 Å². The number of nitrogens with zero attached hydrogens (tertiary/aromatic N) is 1. The molecule has 1 aromatic carbocycles. The number of nitrogens with one attached hydrogen (secondary N) is 1. The average molecular weight is 387 g/mol. The first-order valence-corrected chi connectivity index (χ1v) is 8.23. The topological polar surface area (TPSA) is 66.5 Å². The minimum atomic E-state index is -4.59. The molecule has 1 saturated heterocycles. The van der Waals surface area contributed by atoms with Crippen molar-refractivity contribution >= 4 is 35.0 Å². The van der Waals surface area contributed by atoms with Gasteiger partial charge in [-0.15, -0.1) is 0 Å². The number of hydrogen-bond donors (Lipinski definition) is 1. The van der Waals surface area contributed by atoms with Crippen molar-refractivity contribution < 1.29 is 27.6 Å². The number of carbonyl (C=O) groups is 3. The molecule has 9 heteroatoms. The first kappa shape index (κ1) is 18.4. The Kier molecular flexibility index (Phi) is 4.79. The van der Waals surface area contributed by atoms with Crippen LogP contribution in [0.1, 0.15) is 18.4 Å². The molecule has 3 amide bonds. The van der Waals surface area contributed by atoms with Crippen LogP contribution in [-0.2, 0) is 20.6 Å². The monoisotopic (exact) mass is 386 g/mol. The molecule has 1 heterocycles. The van der Waals surface area contributed by atoms with Crippen LogP contribution >= 0.6 is 11.6 Å². The van der Waals surface area contributed by atoms with E-state index in [2.05, 4.69) is 5.32 Å². The highest BCUT2D eigenvalue weighted by Gasteiger charge is 2.47. The van der Waals surface area contributed by atoms with E-state index in [0.717, 1.165) is 17.0 Å². The third kappa shape index (κ3) is 3.46. The number of amides is 3. The SMILES string of the molecule is O=C(CN1C(=O)[C@H]2CC=CC[C@H]2C1=O)Nc1cc(C(F)(F)F)ccc1Cl. The van der Waals surface area contributed by atoms with Crippen LogP contribution in [0.15, 0.2) is 30.4 Å². The first-order valence-electron chi connectivity index (χ1n) is 7.85. The molecule has 0 aromatic heterocycles. The molecular weight excluding hydrogens is 373 g/mol. The molecule has 0 saturated carbocycles. The Morgan fingerprint density at radius 2 is 1.73 bits per heavy atom. The molecule has 138 valence electrons. The van der Waals surface area contributed by atoms with Crippen molar-refractivity contribution in [2.75, 3.05) is 11.9 Å². The highest BCUT2D eigenvalue weighted by molar-refractivity contribution is 6.33. The minimum absolute atomic E-state index is 0.0803. The molecule has 5 nitrogen and oxygen atoms in total. The van der Waals surface area contributed by atoms with Crippen molar-refractivity contribution in [2.24, 2.45) is 11.8 Å². The summed E-state index contributed by atoms with van der Waals surface area (Å²) in [5, 5.41) is 2.16. The van der Waals surface area contributed by atoms with Crippen molar-refractivity contribution in [1.29, 1.82) is 0 Å². The van der Waals surface area contributed by atoms with Crippen molar-refractivity contribution in [3.8, 4) is 0 Å². The second kappa shape index (κ2) is 6.75. The van der Waals surface area contributed by atoms with Gasteiger partial charge in [-0.1, -0.05) is 23.8 Å². The molecule has 1 N–H and O–H groups in total. The van der Waals surface area contributed by atoms with E-state index in [9.17, 15) is 27.6 Å². The number of likely N-dealkylation sites (tertiary alicyclic amines) is 1. The van der Waals surface area contributed by atoms with Gasteiger partial charge in [0.25, 0.3) is 0 Å². The van der Waals surface area contributed by atoms with E-state index in [1.54, 1.807) is 0 Å². The summed E-state index contributed by atoms with van der Waals surface area (Å²) in [6.45, 7) is -0.558. The Hall–Kier alpha value is -2.35. The maximum atomic E-state index is 12.8. The van der Waals surface area contributed by atoms with Crippen LogP contribution in [0, 0.1) is 11.8 Å². The van der Waals surface area contributed by atoms with Crippen LogP contribution in [0.3, 0.4) is 0 Å². The predicted octanol–water partition coefficient (Wildman–Crippen LogP) is 3.25. The molecule has 1 aliphatic heterocycles. The van der Waals surface area contributed by atoms with Gasteiger partial charge in [0.1, 0.15) is 6.54 Å². The van der Waals surface area contributed by atoms with Gasteiger partial charge in [0.15, 0.2) is 0 Å². The molecular formula is C17H14ClF3N2O3. The molecule has 0 spiro atoms. The molecule has 0 bridgehead atoms. The van der Waals surface area contributed by atoms with Crippen molar-refractivity contribution in [2.45, 2.75) is 19.0 Å². The number of imide groups is 1. The number of allylic oxidation sites excluding steroid dienone is 2. The molecule has 0 unspecified atom stereocenters. The fourth-order valence-electron chi connectivity index (χ4n) is 3.16. The summed E-state index contributed by atoms with van der Waals surface area (Å²) in [5.74, 6) is -2.61. The maximum Gasteiger partial charge on any atom is 0.416 e. The van der Waals surface area contributed by atoms with E-state index in [4.69, 9.17) is 11.6 Å². The Labute approximate surface area is 151 Å². The highest BCUT2D eigenvalue weighted by atomic mass is 35.5. The van der Waals surface area contributed by atoms with Gasteiger partial charge < -0.3 is 5.32 Å². The lowest BCUT2D eigenvalue weighted by atomic mass is 9.85. The minimum Gasteiger partial charge on any atom is -0.323 e. The zero-order valence-electron chi connectivity index (χ0n) is 13.3. The van der Waals surface area contributed by atoms with E-state index in [1.807, 2.05) is 12.2 Å². The molecule has 2 aliphatic rings. The van der Waals surface area contributed by atoms with Crippen LogP contribution in [0.25, 0.3) is 0 Å². The molecule has 26 heavy (non-hydrogen) atoms. The Morgan fingerprint density at radius 1 is 1.15 bits per heavy atom. The Balaban J connectivity index is 1.72. The van der Waals surface area contributed by atoms with Crippen molar-refractivity contribution in [1.82, 2.24) is 4.90 Å². The number of anilines is 1. The van der Waals surface area contributed by atoms with Crippen LogP contribution in [-0.4, -0.2) is 29.2 Å². The number of hydrogen-bond acceptors (Lipinski definition) is 3. The largest absolute Gasteiger partial charge is 0.416 e. The first-order chi connectivity index (χ1) is 12.2. The van der Waals surface area contributed by atoms with Crippen molar-refractivity contribution in [3.63, 3.8) is 0 Å². The quantitative estimate of drug-likeness (QED) is 0.640. The van der Waals surface area contributed by atoms with Gasteiger partial charge in [0.05, 0.1) is 28.1 Å². The van der Waals surface area contributed by atoms with Gasteiger partial charge >= 0.3 is 6.18 Å². The fraction of sp³-hybridized carbons (Fsp3) is 0.353. The maximum absolute atomic E-state index is 12.8. The summed E-state index contributed by atoms with van der Waals surface area (Å²) in [4.78, 5) is 37.6. The molecule has 1 aliphatic carbocycles. The lowest BCUT2D eigenvalue weighted by Gasteiger charge is -2.16. The summed E-state index contributed by atoms with van der Waals surface area (Å²) in [5.41, 5.74) is -1.20. The third-order valence-electron chi connectivity index (χ3n) is 4.47. The molecule has 1 fully saturated rings. The zero-order valence-corrected chi connectivity index (χ0v) is 14.1.